The smallest absolute Gasteiger partial charge is 0.306 e. The van der Waals surface area contributed by atoms with Crippen molar-refractivity contribution in [1.29, 1.82) is 0 Å². The van der Waals surface area contributed by atoms with Gasteiger partial charge in [0.25, 0.3) is 0 Å². The molecule has 0 rings (SSSR count). The van der Waals surface area contributed by atoms with E-state index in [2.05, 4.69) is 57.2 Å². The van der Waals surface area contributed by atoms with Gasteiger partial charge in [-0.2, -0.15) is 0 Å². The molecule has 0 aliphatic heterocycles. The van der Waals surface area contributed by atoms with Crippen LogP contribution in [0.3, 0.4) is 0 Å². The van der Waals surface area contributed by atoms with Gasteiger partial charge in [0.05, 0.1) is 0 Å². The lowest BCUT2D eigenvalue weighted by atomic mass is 10.1. The van der Waals surface area contributed by atoms with E-state index in [1.54, 1.807) is 0 Å². The van der Waals surface area contributed by atoms with E-state index in [1.165, 1.54) is 64.2 Å². The minimum Gasteiger partial charge on any atom is -0.462 e. The molecule has 0 radical (unpaired) electrons. The molecule has 1 atom stereocenters. The summed E-state index contributed by atoms with van der Waals surface area (Å²) in [5, 5.41) is 0. The number of unbranched alkanes of at least 4 members (excludes halogenated alkanes) is 19. The Morgan fingerprint density at radius 2 is 0.735 bits per heavy atom. The minimum atomic E-state index is -0.766. The van der Waals surface area contributed by atoms with Gasteiger partial charge >= 0.3 is 17.9 Å². The zero-order valence-electron chi connectivity index (χ0n) is 32.2. The maximum absolute atomic E-state index is 12.4. The van der Waals surface area contributed by atoms with Crippen molar-refractivity contribution in [2.24, 2.45) is 0 Å². The van der Waals surface area contributed by atoms with Crippen molar-refractivity contribution in [2.45, 2.75) is 207 Å². The first kappa shape index (κ1) is 46.6. The highest BCUT2D eigenvalue weighted by molar-refractivity contribution is 5.71. The normalized spacial score (nSPS) is 12.3. The molecule has 49 heavy (non-hydrogen) atoms. The van der Waals surface area contributed by atoms with Gasteiger partial charge in [-0.05, 0) is 57.8 Å². The van der Waals surface area contributed by atoms with Gasteiger partial charge in [-0.15, -0.1) is 0 Å². The number of esters is 3. The minimum absolute atomic E-state index is 0.0779. The lowest BCUT2D eigenvalue weighted by Crippen LogP contribution is -2.30. The molecule has 0 aromatic rings. The van der Waals surface area contributed by atoms with Crippen molar-refractivity contribution in [2.75, 3.05) is 13.2 Å². The Balaban J connectivity index is 4.06. The van der Waals surface area contributed by atoms with Gasteiger partial charge in [0, 0.05) is 19.3 Å². The van der Waals surface area contributed by atoms with Gasteiger partial charge in [0.1, 0.15) is 13.2 Å². The number of allylic oxidation sites excluding steroid dienone is 6. The van der Waals surface area contributed by atoms with Gasteiger partial charge in [0.2, 0.25) is 0 Å². The Kier molecular flexibility index (Phi) is 36.6. The fourth-order valence-electron chi connectivity index (χ4n) is 5.50. The summed E-state index contributed by atoms with van der Waals surface area (Å²) in [6.45, 7) is 6.42. The van der Waals surface area contributed by atoms with E-state index in [0.717, 1.165) is 96.3 Å². The van der Waals surface area contributed by atoms with E-state index in [0.29, 0.717) is 19.3 Å². The Bertz CT molecular complexity index is 845. The summed E-state index contributed by atoms with van der Waals surface area (Å²) in [5.74, 6) is -0.924. The summed E-state index contributed by atoms with van der Waals surface area (Å²) in [5.41, 5.74) is 0. The van der Waals surface area contributed by atoms with Crippen LogP contribution in [-0.2, 0) is 28.6 Å². The zero-order chi connectivity index (χ0) is 35.9. The van der Waals surface area contributed by atoms with Crippen molar-refractivity contribution >= 4 is 17.9 Å². The largest absolute Gasteiger partial charge is 0.462 e. The van der Waals surface area contributed by atoms with Crippen molar-refractivity contribution in [3.05, 3.63) is 36.5 Å². The molecule has 6 heteroatoms. The predicted molar refractivity (Wildman–Crippen MR) is 206 cm³/mol. The second kappa shape index (κ2) is 38.4. The van der Waals surface area contributed by atoms with Crippen LogP contribution < -0.4 is 0 Å². The molecule has 0 aromatic carbocycles. The fraction of sp³-hybridized carbons (Fsp3) is 0.791. The maximum atomic E-state index is 12.4. The van der Waals surface area contributed by atoms with Gasteiger partial charge in [-0.1, -0.05) is 160 Å². The molecule has 0 saturated carbocycles. The van der Waals surface area contributed by atoms with Crippen LogP contribution in [0.4, 0.5) is 0 Å². The second-order valence-electron chi connectivity index (χ2n) is 13.6. The first-order valence-electron chi connectivity index (χ1n) is 20.5. The summed E-state index contributed by atoms with van der Waals surface area (Å²) in [7, 11) is 0. The van der Waals surface area contributed by atoms with Crippen LogP contribution in [0.2, 0.25) is 0 Å². The summed E-state index contributed by atoms with van der Waals surface area (Å²) < 4.78 is 16.4. The molecule has 0 aromatic heterocycles. The van der Waals surface area contributed by atoms with Gasteiger partial charge in [0.15, 0.2) is 6.10 Å². The van der Waals surface area contributed by atoms with Gasteiger partial charge in [-0.3, -0.25) is 14.4 Å². The molecule has 0 amide bonds. The topological polar surface area (TPSA) is 78.9 Å². The van der Waals surface area contributed by atoms with Crippen molar-refractivity contribution in [3.8, 4) is 0 Å². The van der Waals surface area contributed by atoms with Gasteiger partial charge < -0.3 is 14.2 Å². The zero-order valence-corrected chi connectivity index (χ0v) is 32.2. The summed E-state index contributed by atoms with van der Waals surface area (Å²) in [4.78, 5) is 37.0. The SMILES string of the molecule is CCCCCCC/C=C\C/C=C\C/C=C\CCCCCCCCC(=O)OCC(COC(=O)CCCCCCC)OC(=O)CCCCCCC. The molecular formula is C43H76O6. The standard InChI is InChI=1S/C43H76O6/c1-4-7-10-13-14-15-16-17-18-19-20-21-22-23-24-25-26-27-28-31-33-36-42(45)48-39-40(49-43(46)37-34-30-12-9-6-3)38-47-41(44)35-32-29-11-8-5-2/h16-17,19-20,22-23,40H,4-15,18,21,24-39H2,1-3H3/b17-16-,20-19-,23-22-. The Morgan fingerprint density at radius 1 is 0.408 bits per heavy atom. The number of hydrogen-bond acceptors (Lipinski definition) is 6. The van der Waals surface area contributed by atoms with Crippen LogP contribution in [0.5, 0.6) is 0 Å². The maximum Gasteiger partial charge on any atom is 0.306 e. The first-order valence-corrected chi connectivity index (χ1v) is 20.5. The Morgan fingerprint density at radius 3 is 1.14 bits per heavy atom. The van der Waals surface area contributed by atoms with E-state index < -0.39 is 6.10 Å². The highest BCUT2D eigenvalue weighted by atomic mass is 16.6. The number of ether oxygens (including phenoxy) is 3. The molecular weight excluding hydrogens is 612 g/mol. The predicted octanol–water partition coefficient (Wildman–Crippen LogP) is 12.6. The lowest BCUT2D eigenvalue weighted by molar-refractivity contribution is -0.167. The number of carbonyl (C=O) groups excluding carboxylic acids is 3. The number of hydrogen-bond donors (Lipinski definition) is 0. The quantitative estimate of drug-likeness (QED) is 0.0282. The molecule has 0 spiro atoms. The summed E-state index contributed by atoms with van der Waals surface area (Å²) >= 11 is 0. The molecule has 0 aliphatic rings. The van der Waals surface area contributed by atoms with E-state index in [9.17, 15) is 14.4 Å². The molecule has 0 aliphatic carbocycles. The number of rotatable bonds is 36. The highest BCUT2D eigenvalue weighted by Crippen LogP contribution is 2.12. The van der Waals surface area contributed by atoms with E-state index in [4.69, 9.17) is 14.2 Å². The van der Waals surface area contributed by atoms with Crippen LogP contribution in [-0.4, -0.2) is 37.2 Å². The van der Waals surface area contributed by atoms with E-state index >= 15 is 0 Å². The van der Waals surface area contributed by atoms with Crippen molar-refractivity contribution in [3.63, 3.8) is 0 Å². The molecule has 6 nitrogen and oxygen atoms in total. The average molecular weight is 689 g/mol. The van der Waals surface area contributed by atoms with Crippen LogP contribution in [0.1, 0.15) is 201 Å². The van der Waals surface area contributed by atoms with Crippen molar-refractivity contribution in [1.82, 2.24) is 0 Å². The molecule has 284 valence electrons. The average Bonchev–Trinajstić information content (AvgIpc) is 3.09. The highest BCUT2D eigenvalue weighted by Gasteiger charge is 2.19. The Hall–Kier alpha value is -2.37. The third kappa shape index (κ3) is 36.7. The monoisotopic (exact) mass is 689 g/mol. The van der Waals surface area contributed by atoms with E-state index in [1.807, 2.05) is 0 Å². The summed E-state index contributed by atoms with van der Waals surface area (Å²) in [6.07, 6.45) is 41.9. The van der Waals surface area contributed by atoms with Crippen LogP contribution in [0.25, 0.3) is 0 Å². The second-order valence-corrected chi connectivity index (χ2v) is 13.6. The first-order chi connectivity index (χ1) is 24.0. The van der Waals surface area contributed by atoms with Gasteiger partial charge in [-0.25, -0.2) is 0 Å². The lowest BCUT2D eigenvalue weighted by Gasteiger charge is -2.18. The number of carbonyl (C=O) groups is 3. The molecule has 0 bridgehead atoms. The molecule has 0 fully saturated rings. The van der Waals surface area contributed by atoms with Crippen molar-refractivity contribution < 1.29 is 28.6 Å². The third-order valence-electron chi connectivity index (χ3n) is 8.65. The molecule has 0 heterocycles. The molecule has 0 saturated heterocycles. The summed E-state index contributed by atoms with van der Waals surface area (Å²) in [6, 6.07) is 0. The van der Waals surface area contributed by atoms with Crippen LogP contribution in [0.15, 0.2) is 36.5 Å². The van der Waals surface area contributed by atoms with E-state index in [-0.39, 0.29) is 31.1 Å². The van der Waals surface area contributed by atoms with Crippen LogP contribution >= 0.6 is 0 Å². The van der Waals surface area contributed by atoms with Crippen LogP contribution in [0, 0.1) is 0 Å². The third-order valence-corrected chi connectivity index (χ3v) is 8.65. The molecule has 0 N–H and O–H groups in total. The molecule has 1 unspecified atom stereocenters. The fourth-order valence-corrected chi connectivity index (χ4v) is 5.50. The Labute approximate surface area is 302 Å².